The highest BCUT2D eigenvalue weighted by Gasteiger charge is 2.19. The normalized spacial score (nSPS) is 15.5. The van der Waals surface area contributed by atoms with Crippen LogP contribution in [0.25, 0.3) is 16.7 Å². The summed E-state index contributed by atoms with van der Waals surface area (Å²) in [5.41, 5.74) is 2.34. The number of methoxy groups -OCH3 is 2. The van der Waals surface area contributed by atoms with E-state index in [-0.39, 0.29) is 6.10 Å². The van der Waals surface area contributed by atoms with Crippen LogP contribution < -0.4 is 20.1 Å². The molecule has 2 N–H and O–H groups in total. The van der Waals surface area contributed by atoms with Crippen LogP contribution in [0.3, 0.4) is 0 Å². The summed E-state index contributed by atoms with van der Waals surface area (Å²) in [5.74, 6) is 2.50. The number of aromatic nitrogens is 4. The van der Waals surface area contributed by atoms with Crippen LogP contribution in [0, 0.1) is 0 Å². The second-order valence-electron chi connectivity index (χ2n) is 7.73. The second kappa shape index (κ2) is 9.33. The minimum absolute atomic E-state index is 0.165. The number of anilines is 3. The molecule has 5 rings (SSSR count). The number of rotatable bonds is 8. The SMILES string of the molecule is COc1ccc(OC)c(Nc2nc(NC[C@H]3CCCO3)nc3c2cnn3-c2ccccc2)c1. The molecule has 0 radical (unpaired) electrons. The smallest absolute Gasteiger partial charge is 0.226 e. The van der Waals surface area contributed by atoms with Crippen LogP contribution >= 0.6 is 0 Å². The molecule has 2 aromatic heterocycles. The molecule has 9 heteroatoms. The third kappa shape index (κ3) is 4.40. The molecule has 0 aliphatic carbocycles. The van der Waals surface area contributed by atoms with Gasteiger partial charge in [-0.05, 0) is 37.1 Å². The molecular weight excluding hydrogens is 420 g/mol. The number of ether oxygens (including phenoxy) is 3. The summed E-state index contributed by atoms with van der Waals surface area (Å²) in [6, 6.07) is 15.5. The third-order valence-electron chi connectivity index (χ3n) is 5.60. The zero-order chi connectivity index (χ0) is 22.6. The minimum atomic E-state index is 0.165. The van der Waals surface area contributed by atoms with Crippen molar-refractivity contribution >= 4 is 28.5 Å². The lowest BCUT2D eigenvalue weighted by atomic mass is 10.2. The van der Waals surface area contributed by atoms with Gasteiger partial charge in [-0.15, -0.1) is 0 Å². The van der Waals surface area contributed by atoms with E-state index in [9.17, 15) is 0 Å². The Morgan fingerprint density at radius 1 is 1.09 bits per heavy atom. The lowest BCUT2D eigenvalue weighted by Gasteiger charge is -2.15. The van der Waals surface area contributed by atoms with Gasteiger partial charge in [0.05, 0.1) is 43.3 Å². The molecule has 1 atom stereocenters. The lowest BCUT2D eigenvalue weighted by Crippen LogP contribution is -2.20. The fraction of sp³-hybridized carbons (Fsp3) is 0.292. The number of nitrogens with one attached hydrogen (secondary N) is 2. The number of para-hydroxylation sites is 1. The molecule has 0 spiro atoms. The van der Waals surface area contributed by atoms with Crippen molar-refractivity contribution in [3.8, 4) is 17.2 Å². The maximum absolute atomic E-state index is 5.74. The first-order valence-corrected chi connectivity index (χ1v) is 10.9. The van der Waals surface area contributed by atoms with E-state index in [0.717, 1.165) is 36.2 Å². The molecule has 0 bridgehead atoms. The monoisotopic (exact) mass is 446 g/mol. The van der Waals surface area contributed by atoms with E-state index in [4.69, 9.17) is 24.2 Å². The molecule has 9 nitrogen and oxygen atoms in total. The maximum Gasteiger partial charge on any atom is 0.226 e. The molecule has 3 heterocycles. The van der Waals surface area contributed by atoms with Gasteiger partial charge in [0.1, 0.15) is 17.3 Å². The summed E-state index contributed by atoms with van der Waals surface area (Å²) in [6.07, 6.45) is 4.04. The zero-order valence-corrected chi connectivity index (χ0v) is 18.6. The predicted octanol–water partition coefficient (Wildman–Crippen LogP) is 4.17. The molecule has 1 saturated heterocycles. The summed E-state index contributed by atoms with van der Waals surface area (Å²) in [7, 11) is 3.26. The van der Waals surface area contributed by atoms with Gasteiger partial charge in [-0.1, -0.05) is 18.2 Å². The summed E-state index contributed by atoms with van der Waals surface area (Å²) < 4.78 is 18.5. The predicted molar refractivity (Wildman–Crippen MR) is 127 cm³/mol. The molecule has 1 fully saturated rings. The first kappa shape index (κ1) is 21.0. The first-order valence-electron chi connectivity index (χ1n) is 10.9. The Morgan fingerprint density at radius 2 is 1.97 bits per heavy atom. The summed E-state index contributed by atoms with van der Waals surface area (Å²) >= 11 is 0. The fourth-order valence-electron chi connectivity index (χ4n) is 3.89. The Balaban J connectivity index is 1.57. The fourth-order valence-corrected chi connectivity index (χ4v) is 3.89. The molecule has 0 amide bonds. The minimum Gasteiger partial charge on any atom is -0.497 e. The Labute approximate surface area is 191 Å². The van der Waals surface area contributed by atoms with Gasteiger partial charge >= 0.3 is 0 Å². The topological polar surface area (TPSA) is 95.3 Å². The standard InChI is InChI=1S/C24H26N6O3/c1-31-17-10-11-21(32-2)20(13-17)27-22-19-15-26-30(16-7-4-3-5-8-16)23(19)29-24(28-22)25-14-18-9-6-12-33-18/h3-5,7-8,10-11,13,15,18H,6,9,12,14H2,1-2H3,(H2,25,27,28,29)/t18-/m1/s1. The number of nitrogens with zero attached hydrogens (tertiary/aromatic N) is 4. The van der Waals surface area contributed by atoms with Crippen molar-refractivity contribution in [1.82, 2.24) is 19.7 Å². The molecular formula is C24H26N6O3. The highest BCUT2D eigenvalue weighted by Crippen LogP contribution is 2.34. The van der Waals surface area contributed by atoms with Crippen molar-refractivity contribution in [2.45, 2.75) is 18.9 Å². The van der Waals surface area contributed by atoms with Crippen LogP contribution in [0.5, 0.6) is 11.5 Å². The van der Waals surface area contributed by atoms with E-state index in [1.807, 2.05) is 53.2 Å². The number of fused-ring (bicyclic) bond motifs is 1. The molecule has 4 aromatic rings. The number of hydrogen-bond acceptors (Lipinski definition) is 8. The summed E-state index contributed by atoms with van der Waals surface area (Å²) in [5, 5.41) is 12.1. The number of hydrogen-bond donors (Lipinski definition) is 2. The van der Waals surface area contributed by atoms with Gasteiger partial charge in [0.25, 0.3) is 0 Å². The molecule has 170 valence electrons. The first-order chi connectivity index (χ1) is 16.2. The van der Waals surface area contributed by atoms with Crippen molar-refractivity contribution in [2.75, 3.05) is 38.0 Å². The van der Waals surface area contributed by atoms with E-state index >= 15 is 0 Å². The molecule has 0 unspecified atom stereocenters. The molecule has 1 aliphatic rings. The van der Waals surface area contributed by atoms with Gasteiger partial charge in [-0.3, -0.25) is 0 Å². The number of benzene rings is 2. The van der Waals surface area contributed by atoms with Crippen LogP contribution in [-0.4, -0.2) is 53.2 Å². The van der Waals surface area contributed by atoms with Gasteiger partial charge in [0.15, 0.2) is 5.65 Å². The lowest BCUT2D eigenvalue weighted by molar-refractivity contribution is 0.120. The highest BCUT2D eigenvalue weighted by molar-refractivity contribution is 5.91. The average molecular weight is 447 g/mol. The highest BCUT2D eigenvalue weighted by atomic mass is 16.5. The van der Waals surface area contributed by atoms with E-state index in [1.54, 1.807) is 20.4 Å². The molecule has 2 aromatic carbocycles. The Kier molecular flexibility index (Phi) is 5.95. The van der Waals surface area contributed by atoms with Crippen LogP contribution in [0.2, 0.25) is 0 Å². The van der Waals surface area contributed by atoms with E-state index in [0.29, 0.717) is 35.5 Å². The quantitative estimate of drug-likeness (QED) is 0.416. The summed E-state index contributed by atoms with van der Waals surface area (Å²) in [4.78, 5) is 9.53. The van der Waals surface area contributed by atoms with Crippen LogP contribution in [0.1, 0.15) is 12.8 Å². The second-order valence-corrected chi connectivity index (χ2v) is 7.73. The maximum atomic E-state index is 5.74. The average Bonchev–Trinajstić information content (AvgIpc) is 3.53. The Hall–Kier alpha value is -3.85. The Morgan fingerprint density at radius 3 is 2.73 bits per heavy atom. The van der Waals surface area contributed by atoms with Gasteiger partial charge in [-0.2, -0.15) is 15.1 Å². The third-order valence-corrected chi connectivity index (χ3v) is 5.60. The van der Waals surface area contributed by atoms with Crippen molar-refractivity contribution in [2.24, 2.45) is 0 Å². The van der Waals surface area contributed by atoms with Gasteiger partial charge < -0.3 is 24.8 Å². The largest absolute Gasteiger partial charge is 0.497 e. The van der Waals surface area contributed by atoms with Gasteiger partial charge in [-0.25, -0.2) is 4.68 Å². The zero-order valence-electron chi connectivity index (χ0n) is 18.6. The van der Waals surface area contributed by atoms with Crippen molar-refractivity contribution in [3.05, 3.63) is 54.7 Å². The molecule has 0 saturated carbocycles. The van der Waals surface area contributed by atoms with Crippen LogP contribution in [0.15, 0.2) is 54.7 Å². The van der Waals surface area contributed by atoms with Crippen LogP contribution in [0.4, 0.5) is 17.5 Å². The molecule has 33 heavy (non-hydrogen) atoms. The van der Waals surface area contributed by atoms with Crippen molar-refractivity contribution in [1.29, 1.82) is 0 Å². The van der Waals surface area contributed by atoms with Crippen molar-refractivity contribution < 1.29 is 14.2 Å². The van der Waals surface area contributed by atoms with Gasteiger partial charge in [0, 0.05) is 19.2 Å². The van der Waals surface area contributed by atoms with Gasteiger partial charge in [0.2, 0.25) is 5.95 Å². The van der Waals surface area contributed by atoms with E-state index in [2.05, 4.69) is 15.7 Å². The molecule has 1 aliphatic heterocycles. The summed E-state index contributed by atoms with van der Waals surface area (Å²) in [6.45, 7) is 1.45. The van der Waals surface area contributed by atoms with E-state index in [1.165, 1.54) is 0 Å². The van der Waals surface area contributed by atoms with E-state index < -0.39 is 0 Å². The van der Waals surface area contributed by atoms with Crippen molar-refractivity contribution in [3.63, 3.8) is 0 Å². The Bertz CT molecular complexity index is 1240. The van der Waals surface area contributed by atoms with Crippen LogP contribution in [-0.2, 0) is 4.74 Å².